The summed E-state index contributed by atoms with van der Waals surface area (Å²) in [4.78, 5) is 12.7. The number of ether oxygens (including phenoxy) is 1. The van der Waals surface area contributed by atoms with Crippen LogP contribution in [0.25, 0.3) is 0 Å². The first-order chi connectivity index (χ1) is 13.4. The zero-order chi connectivity index (χ0) is 21.6. The van der Waals surface area contributed by atoms with Gasteiger partial charge in [0.15, 0.2) is 6.08 Å². The molecule has 6 nitrogen and oxygen atoms in total. The molecule has 0 unspecified atom stereocenters. The first-order valence-corrected chi connectivity index (χ1v) is 9.25. The predicted octanol–water partition coefficient (Wildman–Crippen LogP) is 3.31. The van der Waals surface area contributed by atoms with Gasteiger partial charge in [0.05, 0.1) is 14.2 Å². The van der Waals surface area contributed by atoms with Gasteiger partial charge >= 0.3 is 10.1 Å². The molecule has 3 rings (SSSR count). The number of halogens is 2. The number of nitrogens with two attached hydrogens (primary N) is 1. The molecule has 9 heteroatoms. The summed E-state index contributed by atoms with van der Waals surface area (Å²) in [6.45, 7) is 0. The third kappa shape index (κ3) is 3.95. The van der Waals surface area contributed by atoms with Gasteiger partial charge < -0.3 is 14.7 Å². The van der Waals surface area contributed by atoms with Gasteiger partial charge in [0.1, 0.15) is 5.70 Å². The second-order valence-electron chi connectivity index (χ2n) is 5.09. The molecule has 2 N–H and O–H groups in total. The Hall–Kier alpha value is -2.22. The van der Waals surface area contributed by atoms with Crippen molar-refractivity contribution in [3.8, 4) is 0 Å². The molecular weight excluding hydrogens is 401 g/mol. The summed E-state index contributed by atoms with van der Waals surface area (Å²) in [5, 5.41) is 0.202. The van der Waals surface area contributed by atoms with E-state index >= 15 is 0 Å². The first-order valence-electron chi connectivity index (χ1n) is 8.59. The SMILES string of the molecule is [2H]C([2H])(c1ccccc1)S(=O)(=O)OC1=C(N)O[C@@]([2H])(c2ccc(Cl)c(Cl)c2)C1=O. The maximum Gasteiger partial charge on any atom is 0.313 e. The van der Waals surface area contributed by atoms with E-state index in [0.717, 1.165) is 0 Å². The van der Waals surface area contributed by atoms with Crippen molar-refractivity contribution < 1.29 is 26.2 Å². The van der Waals surface area contributed by atoms with Gasteiger partial charge in [-0.15, -0.1) is 0 Å². The van der Waals surface area contributed by atoms with Crippen LogP contribution in [0.3, 0.4) is 0 Å². The van der Waals surface area contributed by atoms with Gasteiger partial charge in [-0.2, -0.15) is 8.42 Å². The van der Waals surface area contributed by atoms with Crippen molar-refractivity contribution in [3.63, 3.8) is 0 Å². The zero-order valence-corrected chi connectivity index (χ0v) is 15.2. The highest BCUT2D eigenvalue weighted by molar-refractivity contribution is 7.86. The molecule has 0 saturated carbocycles. The van der Waals surface area contributed by atoms with Crippen LogP contribution < -0.4 is 5.73 Å². The molecule has 1 aliphatic rings. The largest absolute Gasteiger partial charge is 0.460 e. The van der Waals surface area contributed by atoms with Gasteiger partial charge in [-0.3, -0.25) is 4.79 Å². The van der Waals surface area contributed by atoms with E-state index in [2.05, 4.69) is 0 Å². The van der Waals surface area contributed by atoms with E-state index in [1.54, 1.807) is 6.07 Å². The van der Waals surface area contributed by atoms with E-state index in [4.69, 9.17) is 42.0 Å². The first kappa shape index (κ1) is 14.9. The Kier molecular flexibility index (Phi) is 4.12. The molecule has 0 spiro atoms. The molecule has 0 fully saturated rings. The number of ketones is 1. The normalized spacial score (nSPS) is 22.4. The molecule has 0 saturated heterocycles. The van der Waals surface area contributed by atoms with Gasteiger partial charge in [-0.1, -0.05) is 59.6 Å². The van der Waals surface area contributed by atoms with Gasteiger partial charge in [0, 0.05) is 5.56 Å². The van der Waals surface area contributed by atoms with Crippen LogP contribution in [0, 0.1) is 0 Å². The minimum Gasteiger partial charge on any atom is -0.460 e. The Labute approximate surface area is 164 Å². The molecule has 1 aliphatic heterocycles. The number of benzene rings is 2. The lowest BCUT2D eigenvalue weighted by atomic mass is 10.1. The molecule has 1 atom stereocenters. The Balaban J connectivity index is 1.95. The highest BCUT2D eigenvalue weighted by Gasteiger charge is 2.39. The number of carbonyl (C=O) groups excluding carboxylic acids is 1. The molecule has 136 valence electrons. The van der Waals surface area contributed by atoms with Crippen LogP contribution >= 0.6 is 23.2 Å². The lowest BCUT2D eigenvalue weighted by Gasteiger charge is -2.10. The van der Waals surface area contributed by atoms with E-state index in [1.165, 1.54) is 42.5 Å². The zero-order valence-electron chi connectivity index (χ0n) is 15.9. The molecule has 26 heavy (non-hydrogen) atoms. The van der Waals surface area contributed by atoms with Gasteiger partial charge in [-0.05, 0) is 17.7 Å². The smallest absolute Gasteiger partial charge is 0.313 e. The fourth-order valence-electron chi connectivity index (χ4n) is 2.11. The van der Waals surface area contributed by atoms with Crippen LogP contribution in [-0.2, 0) is 29.5 Å². The van der Waals surface area contributed by atoms with Crippen LogP contribution in [0.15, 0.2) is 60.2 Å². The van der Waals surface area contributed by atoms with E-state index in [0.29, 0.717) is 0 Å². The van der Waals surface area contributed by atoms with Crippen molar-refractivity contribution in [1.29, 1.82) is 0 Å². The number of Topliss-reactive ketones (excluding diaryl/α,β-unsaturated/α-hetero) is 1. The van der Waals surface area contributed by atoms with Gasteiger partial charge in [-0.25, -0.2) is 0 Å². The molecular formula is C17H13Cl2NO5S. The van der Waals surface area contributed by atoms with Crippen LogP contribution in [0.4, 0.5) is 0 Å². The van der Waals surface area contributed by atoms with E-state index in [9.17, 15) is 13.2 Å². The fourth-order valence-corrected chi connectivity index (χ4v) is 3.25. The second kappa shape index (κ2) is 7.19. The third-order valence-corrected chi connectivity index (χ3v) is 4.85. The molecule has 0 aliphatic carbocycles. The number of rotatable bonds is 5. The van der Waals surface area contributed by atoms with Crippen molar-refractivity contribution in [3.05, 3.63) is 81.3 Å². The number of hydrogen-bond donors (Lipinski definition) is 1. The summed E-state index contributed by atoms with van der Waals surface area (Å²) in [5.74, 6) is -3.00. The van der Waals surface area contributed by atoms with Crippen LogP contribution in [-0.4, -0.2) is 14.2 Å². The van der Waals surface area contributed by atoms with Gasteiger partial charge in [0.25, 0.3) is 0 Å². The summed E-state index contributed by atoms with van der Waals surface area (Å²) in [6, 6.07) is 10.8. The summed E-state index contributed by atoms with van der Waals surface area (Å²) < 4.78 is 59.1. The van der Waals surface area contributed by atoms with E-state index < -0.39 is 39.3 Å². The average molecular weight is 417 g/mol. The van der Waals surface area contributed by atoms with Crippen molar-refractivity contribution in [2.24, 2.45) is 5.73 Å². The molecule has 0 aromatic heterocycles. The average Bonchev–Trinajstić information content (AvgIpc) is 2.88. The van der Waals surface area contributed by atoms with Gasteiger partial charge in [0.2, 0.25) is 17.4 Å². The van der Waals surface area contributed by atoms with E-state index in [-0.39, 0.29) is 21.2 Å². The number of carbonyl (C=O) groups is 1. The summed E-state index contributed by atoms with van der Waals surface area (Å²) in [7, 11) is -5.05. The van der Waals surface area contributed by atoms with Crippen molar-refractivity contribution in [2.45, 2.75) is 11.8 Å². The molecule has 0 radical (unpaired) electrons. The van der Waals surface area contributed by atoms with Crippen molar-refractivity contribution in [1.82, 2.24) is 0 Å². The minimum absolute atomic E-state index is 0.0353. The Morgan fingerprint density at radius 3 is 2.54 bits per heavy atom. The van der Waals surface area contributed by atoms with Crippen LogP contribution in [0.2, 0.25) is 10.0 Å². The monoisotopic (exact) mass is 416 g/mol. The van der Waals surface area contributed by atoms with Crippen LogP contribution in [0.1, 0.15) is 21.3 Å². The highest BCUT2D eigenvalue weighted by Crippen LogP contribution is 2.35. The molecule has 2 aromatic carbocycles. The quantitative estimate of drug-likeness (QED) is 0.750. The highest BCUT2D eigenvalue weighted by atomic mass is 35.5. The minimum atomic E-state index is -5.05. The van der Waals surface area contributed by atoms with E-state index in [1.807, 2.05) is 0 Å². The third-order valence-electron chi connectivity index (χ3n) is 3.24. The summed E-state index contributed by atoms with van der Waals surface area (Å²) >= 11 is 11.7. The van der Waals surface area contributed by atoms with Crippen molar-refractivity contribution >= 4 is 39.1 Å². The molecule has 0 amide bonds. The summed E-state index contributed by atoms with van der Waals surface area (Å²) in [6.07, 6.45) is -2.47. The van der Waals surface area contributed by atoms with Crippen molar-refractivity contribution in [2.75, 3.05) is 0 Å². The predicted molar refractivity (Wildman–Crippen MR) is 96.7 cm³/mol. The van der Waals surface area contributed by atoms with Crippen LogP contribution in [0.5, 0.6) is 0 Å². The summed E-state index contributed by atoms with van der Waals surface area (Å²) in [5.41, 5.74) is 2.30. The lowest BCUT2D eigenvalue weighted by molar-refractivity contribution is -0.123. The maximum atomic E-state index is 12.7. The maximum absolute atomic E-state index is 12.7. The Bertz CT molecular complexity index is 1130. The number of hydrogen-bond acceptors (Lipinski definition) is 6. The lowest BCUT2D eigenvalue weighted by Crippen LogP contribution is -2.16. The molecule has 1 heterocycles. The standard InChI is InChI=1S/C17H13Cl2NO5S/c18-12-7-6-11(8-13(12)19)15-14(21)16(17(20)24-15)25-26(22,23)9-10-4-2-1-3-5-10/h1-8,15H,9,20H2/t15-/m0/s1/i9D2,15D. The Morgan fingerprint density at radius 1 is 1.19 bits per heavy atom. The molecule has 2 aromatic rings. The topological polar surface area (TPSA) is 95.7 Å². The Morgan fingerprint density at radius 2 is 1.88 bits per heavy atom. The fraction of sp³-hybridized carbons (Fsp3) is 0.118. The molecule has 0 bridgehead atoms. The second-order valence-corrected chi connectivity index (χ2v) is 7.18.